The number of fused-ring (bicyclic) bond motifs is 2. The van der Waals surface area contributed by atoms with E-state index in [1.54, 1.807) is 30.3 Å². The molecule has 0 bridgehead atoms. The Morgan fingerprint density at radius 2 is 1.68 bits per heavy atom. The van der Waals surface area contributed by atoms with Crippen LogP contribution in [0.15, 0.2) is 69.9 Å². The first-order valence-electron chi connectivity index (χ1n) is 9.46. The largest absolute Gasteiger partial charge is 0.450 e. The monoisotopic (exact) mass is 453 g/mol. The number of hydrogen-bond donors (Lipinski definition) is 0. The standard InChI is InChI=1S/C24H14Cl2FNO3/c1-12-2-9-19-16(10-12)22(29)20-21(13-3-8-17(25)18(26)11-13)28(24(30)23(20)31-19)15-6-4-14(27)5-7-15/h2-11,21H,1H3. The highest BCUT2D eigenvalue weighted by Crippen LogP contribution is 2.42. The number of halogens is 3. The predicted molar refractivity (Wildman–Crippen MR) is 119 cm³/mol. The highest BCUT2D eigenvalue weighted by atomic mass is 35.5. The van der Waals surface area contributed by atoms with Gasteiger partial charge >= 0.3 is 0 Å². The van der Waals surface area contributed by atoms with E-state index in [0.717, 1.165) is 5.56 Å². The molecular formula is C24H14Cl2FNO3. The van der Waals surface area contributed by atoms with Gasteiger partial charge in [-0.05, 0) is 61.0 Å². The number of hydrogen-bond acceptors (Lipinski definition) is 3. The van der Waals surface area contributed by atoms with E-state index in [9.17, 15) is 14.0 Å². The molecule has 1 aliphatic rings. The van der Waals surface area contributed by atoms with Crippen molar-refractivity contribution < 1.29 is 13.6 Å². The van der Waals surface area contributed by atoms with E-state index >= 15 is 0 Å². The van der Waals surface area contributed by atoms with Crippen LogP contribution < -0.4 is 10.3 Å². The summed E-state index contributed by atoms with van der Waals surface area (Å²) < 4.78 is 19.4. The fourth-order valence-electron chi connectivity index (χ4n) is 3.95. The summed E-state index contributed by atoms with van der Waals surface area (Å²) in [5.74, 6) is -0.964. The minimum atomic E-state index is -0.802. The van der Waals surface area contributed by atoms with Gasteiger partial charge in [-0.25, -0.2) is 4.39 Å². The van der Waals surface area contributed by atoms with Crippen LogP contribution >= 0.6 is 23.2 Å². The summed E-state index contributed by atoms with van der Waals surface area (Å²) in [7, 11) is 0. The summed E-state index contributed by atoms with van der Waals surface area (Å²) in [6, 6.07) is 14.8. The number of carbonyl (C=O) groups is 1. The molecule has 1 unspecified atom stereocenters. The van der Waals surface area contributed by atoms with Gasteiger partial charge in [-0.15, -0.1) is 0 Å². The van der Waals surface area contributed by atoms with Crippen LogP contribution in [0.4, 0.5) is 10.1 Å². The Bertz CT molecular complexity index is 1430. The van der Waals surface area contributed by atoms with Crippen molar-refractivity contribution in [2.75, 3.05) is 4.90 Å². The molecule has 4 aromatic rings. The molecule has 0 saturated heterocycles. The molecule has 1 aromatic heterocycles. The van der Waals surface area contributed by atoms with Crippen LogP contribution in [-0.2, 0) is 0 Å². The van der Waals surface area contributed by atoms with Crippen molar-refractivity contribution in [3.8, 4) is 0 Å². The zero-order valence-electron chi connectivity index (χ0n) is 16.2. The van der Waals surface area contributed by atoms with Crippen molar-refractivity contribution in [1.82, 2.24) is 0 Å². The summed E-state index contributed by atoms with van der Waals surface area (Å²) in [5, 5.41) is 1.03. The highest BCUT2D eigenvalue weighted by molar-refractivity contribution is 6.42. The number of aryl methyl sites for hydroxylation is 1. The third-order valence-corrected chi connectivity index (χ3v) is 6.13. The third kappa shape index (κ3) is 3.12. The molecule has 4 nitrogen and oxygen atoms in total. The van der Waals surface area contributed by atoms with Gasteiger partial charge in [0.2, 0.25) is 5.76 Å². The van der Waals surface area contributed by atoms with Crippen molar-refractivity contribution in [2.24, 2.45) is 0 Å². The minimum absolute atomic E-state index is 0.0400. The molecule has 0 radical (unpaired) electrons. The van der Waals surface area contributed by atoms with Crippen molar-refractivity contribution >= 4 is 45.8 Å². The zero-order chi connectivity index (χ0) is 21.9. The van der Waals surface area contributed by atoms with Gasteiger partial charge in [0, 0.05) is 5.69 Å². The van der Waals surface area contributed by atoms with Crippen molar-refractivity contribution in [3.63, 3.8) is 0 Å². The van der Waals surface area contributed by atoms with Crippen LogP contribution in [0.25, 0.3) is 11.0 Å². The fraction of sp³-hybridized carbons (Fsp3) is 0.0833. The quantitative estimate of drug-likeness (QED) is 0.357. The van der Waals surface area contributed by atoms with E-state index in [1.807, 2.05) is 13.0 Å². The average Bonchev–Trinajstić information content (AvgIpc) is 3.04. The molecule has 1 atom stereocenters. The predicted octanol–water partition coefficient (Wildman–Crippen LogP) is 6.30. The average molecular weight is 454 g/mol. The Morgan fingerprint density at radius 3 is 2.39 bits per heavy atom. The fourth-order valence-corrected chi connectivity index (χ4v) is 4.26. The third-order valence-electron chi connectivity index (χ3n) is 5.39. The van der Waals surface area contributed by atoms with Crippen LogP contribution in [0.1, 0.15) is 33.3 Å². The van der Waals surface area contributed by atoms with Crippen LogP contribution in [0.3, 0.4) is 0 Å². The second-order valence-corrected chi connectivity index (χ2v) is 8.22. The Morgan fingerprint density at radius 1 is 0.935 bits per heavy atom. The van der Waals surface area contributed by atoms with E-state index in [-0.39, 0.29) is 16.8 Å². The first kappa shape index (κ1) is 19.8. The molecule has 3 aromatic carbocycles. The van der Waals surface area contributed by atoms with Gasteiger partial charge < -0.3 is 4.42 Å². The molecule has 1 amide bonds. The molecule has 5 rings (SSSR count). The van der Waals surface area contributed by atoms with E-state index < -0.39 is 17.8 Å². The summed E-state index contributed by atoms with van der Waals surface area (Å²) in [4.78, 5) is 28.4. The molecule has 0 fully saturated rings. The van der Waals surface area contributed by atoms with Crippen LogP contribution in [0.2, 0.25) is 10.0 Å². The first-order chi connectivity index (χ1) is 14.8. The Hall–Kier alpha value is -3.15. The van der Waals surface area contributed by atoms with Crippen LogP contribution in [0, 0.1) is 12.7 Å². The highest BCUT2D eigenvalue weighted by Gasteiger charge is 2.43. The van der Waals surface area contributed by atoms with Gasteiger partial charge in [-0.1, -0.05) is 40.9 Å². The first-order valence-corrected chi connectivity index (χ1v) is 10.2. The minimum Gasteiger partial charge on any atom is -0.450 e. The van der Waals surface area contributed by atoms with E-state index in [0.29, 0.717) is 32.3 Å². The number of nitrogens with zero attached hydrogens (tertiary/aromatic N) is 1. The van der Waals surface area contributed by atoms with E-state index in [4.69, 9.17) is 27.6 Å². The second-order valence-electron chi connectivity index (χ2n) is 7.40. The van der Waals surface area contributed by atoms with Gasteiger partial charge in [0.25, 0.3) is 5.91 Å². The van der Waals surface area contributed by atoms with Crippen molar-refractivity contribution in [1.29, 1.82) is 0 Å². The number of amides is 1. The number of carbonyl (C=O) groups excluding carboxylic acids is 1. The second kappa shape index (κ2) is 7.22. The normalized spacial score (nSPS) is 15.5. The zero-order valence-corrected chi connectivity index (χ0v) is 17.7. The summed E-state index contributed by atoms with van der Waals surface area (Å²) in [5.41, 5.74) is 2.15. The molecule has 1 aliphatic heterocycles. The van der Waals surface area contributed by atoms with Gasteiger partial charge in [0.05, 0.1) is 27.0 Å². The summed E-state index contributed by atoms with van der Waals surface area (Å²) in [6.45, 7) is 1.87. The van der Waals surface area contributed by atoms with Crippen LogP contribution in [-0.4, -0.2) is 5.91 Å². The Kier molecular flexibility index (Phi) is 4.61. The Balaban J connectivity index is 1.83. The maximum atomic E-state index is 13.5. The summed E-state index contributed by atoms with van der Waals surface area (Å²) >= 11 is 12.3. The maximum absolute atomic E-state index is 13.5. The Labute approximate surface area is 186 Å². The van der Waals surface area contributed by atoms with Crippen molar-refractivity contribution in [3.05, 3.63) is 109 Å². The lowest BCUT2D eigenvalue weighted by atomic mass is 9.98. The van der Waals surface area contributed by atoms with E-state index in [1.165, 1.54) is 29.2 Å². The lowest BCUT2D eigenvalue weighted by Gasteiger charge is -2.25. The smallest absolute Gasteiger partial charge is 0.295 e. The molecule has 154 valence electrons. The number of benzene rings is 3. The molecule has 0 spiro atoms. The number of rotatable bonds is 2. The van der Waals surface area contributed by atoms with Crippen molar-refractivity contribution in [2.45, 2.75) is 13.0 Å². The van der Waals surface area contributed by atoms with Gasteiger partial charge in [0.1, 0.15) is 11.4 Å². The molecule has 31 heavy (non-hydrogen) atoms. The lowest BCUT2D eigenvalue weighted by molar-refractivity contribution is 0.0971. The van der Waals surface area contributed by atoms with Gasteiger partial charge in [-0.3, -0.25) is 14.5 Å². The molecular weight excluding hydrogens is 440 g/mol. The molecule has 0 N–H and O–H groups in total. The topological polar surface area (TPSA) is 50.5 Å². The number of anilines is 1. The lowest BCUT2D eigenvalue weighted by Crippen LogP contribution is -2.29. The maximum Gasteiger partial charge on any atom is 0.295 e. The van der Waals surface area contributed by atoms with E-state index in [2.05, 4.69) is 0 Å². The molecule has 0 aliphatic carbocycles. The summed E-state index contributed by atoms with van der Waals surface area (Å²) in [6.07, 6.45) is 0. The van der Waals surface area contributed by atoms with Gasteiger partial charge in [-0.2, -0.15) is 0 Å². The molecule has 2 heterocycles. The molecule has 0 saturated carbocycles. The van der Waals surface area contributed by atoms with Crippen LogP contribution in [0.5, 0.6) is 0 Å². The molecule has 7 heteroatoms. The van der Waals surface area contributed by atoms with Gasteiger partial charge in [0.15, 0.2) is 5.43 Å². The SMILES string of the molecule is Cc1ccc2oc3c(c(=O)c2c1)C(c1ccc(Cl)c(Cl)c1)N(c1ccc(F)cc1)C3=O.